The molecule has 0 radical (unpaired) electrons. The summed E-state index contributed by atoms with van der Waals surface area (Å²) in [5.41, 5.74) is -0.000948. The van der Waals surface area contributed by atoms with E-state index in [0.29, 0.717) is 6.10 Å². The number of nitrogens with zero attached hydrogens (tertiary/aromatic N) is 2. The van der Waals surface area contributed by atoms with Gasteiger partial charge < -0.3 is 24.8 Å². The zero-order valence-electron chi connectivity index (χ0n) is 18.6. The maximum absolute atomic E-state index is 5.87. The third-order valence-corrected chi connectivity index (χ3v) is 5.33. The van der Waals surface area contributed by atoms with Gasteiger partial charge in [0, 0.05) is 44.9 Å². The molecule has 0 aromatic heterocycles. The summed E-state index contributed by atoms with van der Waals surface area (Å²) >= 11 is 0. The number of rotatable bonds is 10. The molecule has 28 heavy (non-hydrogen) atoms. The fourth-order valence-corrected chi connectivity index (χ4v) is 3.76. The van der Waals surface area contributed by atoms with Gasteiger partial charge in [0.15, 0.2) is 5.96 Å². The standard InChI is InChI=1S/C21H42N4O3/c1-6-22-20(23-10-8-11-26-15-19-9-7-12-27-19)24-16-21(4,5)25-13-17(2)28-18(3)14-25/h17-19H,6-16H2,1-5H3,(H2,22,23,24). The first-order valence-electron chi connectivity index (χ1n) is 11.0. The number of hydrogen-bond acceptors (Lipinski definition) is 5. The summed E-state index contributed by atoms with van der Waals surface area (Å²) in [6, 6.07) is 0. The minimum Gasteiger partial charge on any atom is -0.379 e. The van der Waals surface area contributed by atoms with E-state index in [0.717, 1.165) is 77.8 Å². The predicted molar refractivity (Wildman–Crippen MR) is 114 cm³/mol. The van der Waals surface area contributed by atoms with Crippen LogP contribution in [0.2, 0.25) is 0 Å². The van der Waals surface area contributed by atoms with E-state index in [-0.39, 0.29) is 17.7 Å². The number of ether oxygens (including phenoxy) is 3. The number of hydrogen-bond donors (Lipinski definition) is 2. The van der Waals surface area contributed by atoms with E-state index in [2.05, 4.69) is 50.2 Å². The molecule has 0 amide bonds. The molecule has 3 atom stereocenters. The van der Waals surface area contributed by atoms with Crippen LogP contribution in [0.25, 0.3) is 0 Å². The third kappa shape index (κ3) is 8.23. The van der Waals surface area contributed by atoms with Crippen molar-refractivity contribution in [1.29, 1.82) is 0 Å². The third-order valence-electron chi connectivity index (χ3n) is 5.33. The first-order chi connectivity index (χ1) is 13.4. The molecule has 0 saturated carbocycles. The molecule has 0 aliphatic carbocycles. The molecular formula is C21H42N4O3. The van der Waals surface area contributed by atoms with Crippen LogP contribution in [-0.4, -0.2) is 87.3 Å². The van der Waals surface area contributed by atoms with Gasteiger partial charge in [0.25, 0.3) is 0 Å². The van der Waals surface area contributed by atoms with E-state index < -0.39 is 0 Å². The predicted octanol–water partition coefficient (Wildman–Crippen LogP) is 2.02. The summed E-state index contributed by atoms with van der Waals surface area (Å²) in [6.45, 7) is 17.7. The number of morpholine rings is 1. The Morgan fingerprint density at radius 3 is 2.61 bits per heavy atom. The molecule has 2 aliphatic rings. The average molecular weight is 399 g/mol. The van der Waals surface area contributed by atoms with Crippen molar-refractivity contribution in [3.8, 4) is 0 Å². The lowest BCUT2D eigenvalue weighted by Gasteiger charge is -2.44. The molecule has 3 unspecified atom stereocenters. The Balaban J connectivity index is 1.70. The first kappa shape index (κ1) is 23.4. The summed E-state index contributed by atoms with van der Waals surface area (Å²) in [5.74, 6) is 0.879. The molecule has 2 heterocycles. The van der Waals surface area contributed by atoms with E-state index in [1.54, 1.807) is 0 Å². The smallest absolute Gasteiger partial charge is 0.191 e. The lowest BCUT2D eigenvalue weighted by Crippen LogP contribution is -2.56. The molecular weight excluding hydrogens is 356 g/mol. The van der Waals surface area contributed by atoms with Gasteiger partial charge in [0.2, 0.25) is 0 Å². The van der Waals surface area contributed by atoms with Crippen LogP contribution < -0.4 is 10.6 Å². The van der Waals surface area contributed by atoms with Gasteiger partial charge in [-0.05, 0) is 53.9 Å². The molecule has 2 rings (SSSR count). The van der Waals surface area contributed by atoms with Crippen LogP contribution in [0.5, 0.6) is 0 Å². The Kier molecular flexibility index (Phi) is 9.99. The monoisotopic (exact) mass is 398 g/mol. The minimum atomic E-state index is -0.000948. The van der Waals surface area contributed by atoms with Crippen LogP contribution in [0.15, 0.2) is 4.99 Å². The Morgan fingerprint density at radius 1 is 1.21 bits per heavy atom. The van der Waals surface area contributed by atoms with Crippen molar-refractivity contribution in [2.75, 3.05) is 52.5 Å². The zero-order chi connectivity index (χ0) is 20.4. The van der Waals surface area contributed by atoms with Crippen molar-refractivity contribution in [2.24, 2.45) is 4.99 Å². The van der Waals surface area contributed by atoms with Crippen LogP contribution in [0.1, 0.15) is 53.9 Å². The second-order valence-electron chi connectivity index (χ2n) is 8.66. The van der Waals surface area contributed by atoms with Crippen molar-refractivity contribution in [1.82, 2.24) is 15.5 Å². The van der Waals surface area contributed by atoms with E-state index in [1.807, 2.05) is 0 Å². The van der Waals surface area contributed by atoms with E-state index in [9.17, 15) is 0 Å². The lowest BCUT2D eigenvalue weighted by molar-refractivity contribution is -0.0939. The fourth-order valence-electron chi connectivity index (χ4n) is 3.76. The highest BCUT2D eigenvalue weighted by Crippen LogP contribution is 2.21. The van der Waals surface area contributed by atoms with Crippen molar-refractivity contribution in [2.45, 2.75) is 77.7 Å². The summed E-state index contributed by atoms with van der Waals surface area (Å²) in [7, 11) is 0. The lowest BCUT2D eigenvalue weighted by atomic mass is 10.0. The maximum atomic E-state index is 5.87. The van der Waals surface area contributed by atoms with Gasteiger partial charge >= 0.3 is 0 Å². The normalized spacial score (nSPS) is 27.2. The molecule has 0 aromatic carbocycles. The quantitative estimate of drug-likeness (QED) is 0.333. The molecule has 164 valence electrons. The average Bonchev–Trinajstić information content (AvgIpc) is 3.15. The van der Waals surface area contributed by atoms with Crippen LogP contribution in [0.4, 0.5) is 0 Å². The molecule has 7 heteroatoms. The Morgan fingerprint density at radius 2 is 1.96 bits per heavy atom. The molecule has 2 aliphatic heterocycles. The van der Waals surface area contributed by atoms with Crippen LogP contribution in [0, 0.1) is 0 Å². The van der Waals surface area contributed by atoms with Crippen LogP contribution in [-0.2, 0) is 14.2 Å². The van der Waals surface area contributed by atoms with Crippen LogP contribution in [0.3, 0.4) is 0 Å². The van der Waals surface area contributed by atoms with E-state index in [1.165, 1.54) is 0 Å². The number of guanidine groups is 1. The second-order valence-corrected chi connectivity index (χ2v) is 8.66. The van der Waals surface area contributed by atoms with Gasteiger partial charge in [-0.1, -0.05) is 0 Å². The molecule has 0 bridgehead atoms. The van der Waals surface area contributed by atoms with Crippen molar-refractivity contribution >= 4 is 5.96 Å². The van der Waals surface area contributed by atoms with Gasteiger partial charge in [-0.3, -0.25) is 9.89 Å². The first-order valence-corrected chi connectivity index (χ1v) is 11.0. The summed E-state index contributed by atoms with van der Waals surface area (Å²) < 4.78 is 17.2. The Hall–Kier alpha value is -0.890. The SMILES string of the molecule is CCNC(=NCC(C)(C)N1CC(C)OC(C)C1)NCCCOCC1CCCO1. The second kappa shape index (κ2) is 12.0. The highest BCUT2D eigenvalue weighted by atomic mass is 16.5. The van der Waals surface area contributed by atoms with Gasteiger partial charge in [-0.15, -0.1) is 0 Å². The summed E-state index contributed by atoms with van der Waals surface area (Å²) in [4.78, 5) is 7.34. The van der Waals surface area contributed by atoms with Gasteiger partial charge in [0.05, 0.1) is 31.5 Å². The van der Waals surface area contributed by atoms with Crippen LogP contribution >= 0.6 is 0 Å². The topological polar surface area (TPSA) is 67.4 Å². The molecule has 2 saturated heterocycles. The molecule has 7 nitrogen and oxygen atoms in total. The maximum Gasteiger partial charge on any atom is 0.191 e. The largest absolute Gasteiger partial charge is 0.379 e. The van der Waals surface area contributed by atoms with Gasteiger partial charge in [-0.25, -0.2) is 0 Å². The zero-order valence-corrected chi connectivity index (χ0v) is 18.6. The minimum absolute atomic E-state index is 0.000948. The van der Waals surface area contributed by atoms with Gasteiger partial charge in [-0.2, -0.15) is 0 Å². The van der Waals surface area contributed by atoms with Crippen molar-refractivity contribution in [3.05, 3.63) is 0 Å². The number of aliphatic imine (C=N–C) groups is 1. The Labute approximate surface area is 171 Å². The summed E-state index contributed by atoms with van der Waals surface area (Å²) in [5, 5.41) is 6.77. The Bertz CT molecular complexity index is 457. The highest BCUT2D eigenvalue weighted by Gasteiger charge is 2.33. The molecule has 2 fully saturated rings. The van der Waals surface area contributed by atoms with Crippen molar-refractivity contribution in [3.63, 3.8) is 0 Å². The van der Waals surface area contributed by atoms with Crippen molar-refractivity contribution < 1.29 is 14.2 Å². The van der Waals surface area contributed by atoms with Gasteiger partial charge in [0.1, 0.15) is 0 Å². The molecule has 0 aromatic rings. The molecule has 2 N–H and O–H groups in total. The van der Waals surface area contributed by atoms with E-state index in [4.69, 9.17) is 19.2 Å². The fraction of sp³-hybridized carbons (Fsp3) is 0.952. The number of nitrogens with one attached hydrogen (secondary N) is 2. The summed E-state index contributed by atoms with van der Waals surface area (Å²) in [6.07, 6.45) is 4.10. The molecule has 0 spiro atoms. The highest BCUT2D eigenvalue weighted by molar-refractivity contribution is 5.79. The van der Waals surface area contributed by atoms with E-state index >= 15 is 0 Å².